The second kappa shape index (κ2) is 4.75. The summed E-state index contributed by atoms with van der Waals surface area (Å²) in [4.78, 5) is 26.1. The Hall–Kier alpha value is -2.56. The number of H-pyrrole nitrogens is 1. The van der Waals surface area contributed by atoms with E-state index in [2.05, 4.69) is 16.9 Å². The zero-order chi connectivity index (χ0) is 13.1. The van der Waals surface area contributed by atoms with Crippen LogP contribution in [0.3, 0.4) is 0 Å². The summed E-state index contributed by atoms with van der Waals surface area (Å²) in [5.74, 6) is -0.935. The summed E-state index contributed by atoms with van der Waals surface area (Å²) in [6.45, 7) is 3.68. The summed E-state index contributed by atoms with van der Waals surface area (Å²) in [5.41, 5.74) is -0.413. The van der Waals surface area contributed by atoms with E-state index in [1.54, 1.807) is 24.3 Å². The van der Waals surface area contributed by atoms with Crippen LogP contribution in [0, 0.1) is 0 Å². The van der Waals surface area contributed by atoms with Gasteiger partial charge in [-0.1, -0.05) is 18.2 Å². The average Bonchev–Trinajstić information content (AvgIpc) is 2.36. The first-order valence-electron chi connectivity index (χ1n) is 5.38. The van der Waals surface area contributed by atoms with E-state index in [0.29, 0.717) is 10.9 Å². The molecule has 1 aromatic heterocycles. The molecular formula is C13H12N2O3. The molecule has 92 valence electrons. The van der Waals surface area contributed by atoms with Gasteiger partial charge in [-0.2, -0.15) is 0 Å². The molecule has 0 unspecified atom stereocenters. The second-order valence-corrected chi connectivity index (χ2v) is 3.72. The first-order chi connectivity index (χ1) is 8.65. The number of hydrogen-bond donors (Lipinski definition) is 3. The minimum Gasteiger partial charge on any atom is -0.506 e. The summed E-state index contributed by atoms with van der Waals surface area (Å²) in [6, 6.07) is 6.73. The summed E-state index contributed by atoms with van der Waals surface area (Å²) in [7, 11) is 0. The number of aromatic hydroxyl groups is 1. The van der Waals surface area contributed by atoms with Crippen molar-refractivity contribution in [2.45, 2.75) is 0 Å². The Labute approximate surface area is 103 Å². The first-order valence-corrected chi connectivity index (χ1v) is 5.38. The van der Waals surface area contributed by atoms with Gasteiger partial charge in [0, 0.05) is 11.9 Å². The van der Waals surface area contributed by atoms with Gasteiger partial charge in [0.25, 0.3) is 11.5 Å². The van der Waals surface area contributed by atoms with Crippen LogP contribution >= 0.6 is 0 Å². The largest absolute Gasteiger partial charge is 0.506 e. The zero-order valence-corrected chi connectivity index (χ0v) is 9.56. The highest BCUT2D eigenvalue weighted by molar-refractivity contribution is 6.02. The van der Waals surface area contributed by atoms with Gasteiger partial charge in [-0.3, -0.25) is 9.59 Å². The van der Waals surface area contributed by atoms with Gasteiger partial charge < -0.3 is 15.4 Å². The minimum absolute atomic E-state index is 0.227. The zero-order valence-electron chi connectivity index (χ0n) is 9.56. The van der Waals surface area contributed by atoms with Gasteiger partial charge in [-0.15, -0.1) is 6.58 Å². The molecule has 18 heavy (non-hydrogen) atoms. The molecule has 0 fully saturated rings. The Morgan fingerprint density at radius 3 is 2.89 bits per heavy atom. The molecule has 1 heterocycles. The van der Waals surface area contributed by atoms with E-state index >= 15 is 0 Å². The number of amides is 1. The van der Waals surface area contributed by atoms with Crippen molar-refractivity contribution in [3.63, 3.8) is 0 Å². The number of para-hydroxylation sites is 1. The maximum Gasteiger partial charge on any atom is 0.265 e. The Bertz CT molecular complexity index is 673. The fourth-order valence-corrected chi connectivity index (χ4v) is 1.69. The molecule has 5 heteroatoms. The molecule has 1 amide bonds. The predicted molar refractivity (Wildman–Crippen MR) is 68.8 cm³/mol. The van der Waals surface area contributed by atoms with Crippen LogP contribution in [-0.2, 0) is 0 Å². The van der Waals surface area contributed by atoms with Crippen LogP contribution in [0.1, 0.15) is 10.4 Å². The standard InChI is InChI=1S/C13H12N2O3/c1-2-7-14-12(17)10-11(16)8-5-3-4-6-9(8)15-13(10)18/h2-6H,1,7H2,(H,14,17)(H2,15,16,18). The molecule has 0 spiro atoms. The van der Waals surface area contributed by atoms with Crippen molar-refractivity contribution >= 4 is 16.8 Å². The van der Waals surface area contributed by atoms with Crippen molar-refractivity contribution in [1.29, 1.82) is 0 Å². The number of pyridine rings is 1. The molecule has 0 aliphatic heterocycles. The van der Waals surface area contributed by atoms with E-state index in [1.165, 1.54) is 6.08 Å². The number of nitrogens with one attached hydrogen (secondary N) is 2. The third kappa shape index (κ3) is 1.98. The molecule has 0 atom stereocenters. The van der Waals surface area contributed by atoms with Gasteiger partial charge in [0.15, 0.2) is 0 Å². The van der Waals surface area contributed by atoms with Crippen LogP contribution in [0.5, 0.6) is 5.75 Å². The summed E-state index contributed by atoms with van der Waals surface area (Å²) in [5, 5.41) is 12.9. The number of rotatable bonds is 3. The topological polar surface area (TPSA) is 82.2 Å². The maximum absolute atomic E-state index is 11.8. The highest BCUT2D eigenvalue weighted by Gasteiger charge is 2.18. The summed E-state index contributed by atoms with van der Waals surface area (Å²) >= 11 is 0. The van der Waals surface area contributed by atoms with Crippen molar-refractivity contribution in [3.05, 3.63) is 52.8 Å². The van der Waals surface area contributed by atoms with Gasteiger partial charge in [-0.25, -0.2) is 0 Å². The molecule has 2 rings (SSSR count). The summed E-state index contributed by atoms with van der Waals surface area (Å²) < 4.78 is 0. The molecule has 0 radical (unpaired) electrons. The van der Waals surface area contributed by atoms with E-state index in [-0.39, 0.29) is 17.9 Å². The number of fused-ring (bicyclic) bond motifs is 1. The van der Waals surface area contributed by atoms with Crippen molar-refractivity contribution in [2.24, 2.45) is 0 Å². The van der Waals surface area contributed by atoms with Gasteiger partial charge >= 0.3 is 0 Å². The van der Waals surface area contributed by atoms with Crippen molar-refractivity contribution in [2.75, 3.05) is 6.54 Å². The van der Waals surface area contributed by atoms with E-state index < -0.39 is 11.5 Å². The lowest BCUT2D eigenvalue weighted by Crippen LogP contribution is -2.29. The lowest BCUT2D eigenvalue weighted by atomic mass is 10.1. The van der Waals surface area contributed by atoms with Gasteiger partial charge in [-0.05, 0) is 12.1 Å². The molecule has 0 aliphatic rings. The average molecular weight is 244 g/mol. The maximum atomic E-state index is 11.8. The van der Waals surface area contributed by atoms with Crippen LogP contribution in [-0.4, -0.2) is 22.5 Å². The van der Waals surface area contributed by atoms with E-state index in [9.17, 15) is 14.7 Å². The Kier molecular flexibility index (Phi) is 3.14. The molecule has 1 aromatic carbocycles. The van der Waals surface area contributed by atoms with Crippen LogP contribution in [0.15, 0.2) is 41.7 Å². The predicted octanol–water partition coefficient (Wildman–Crippen LogP) is 1.15. The first kappa shape index (κ1) is 11.9. The lowest BCUT2D eigenvalue weighted by Gasteiger charge is -2.06. The van der Waals surface area contributed by atoms with Gasteiger partial charge in [0.2, 0.25) is 0 Å². The Balaban J connectivity index is 2.60. The number of hydrogen-bond acceptors (Lipinski definition) is 3. The van der Waals surface area contributed by atoms with Crippen LogP contribution < -0.4 is 10.9 Å². The third-order valence-corrected chi connectivity index (χ3v) is 2.53. The molecule has 2 aromatic rings. The van der Waals surface area contributed by atoms with Crippen LogP contribution in [0.25, 0.3) is 10.9 Å². The minimum atomic E-state index is -0.626. The van der Waals surface area contributed by atoms with E-state index in [0.717, 1.165) is 0 Å². The monoisotopic (exact) mass is 244 g/mol. The number of carbonyl (C=O) groups excluding carboxylic acids is 1. The highest BCUT2D eigenvalue weighted by atomic mass is 16.3. The Morgan fingerprint density at radius 1 is 1.44 bits per heavy atom. The number of aromatic nitrogens is 1. The lowest BCUT2D eigenvalue weighted by molar-refractivity contribution is 0.0954. The van der Waals surface area contributed by atoms with Gasteiger partial charge in [0.1, 0.15) is 11.3 Å². The normalized spacial score (nSPS) is 10.2. The molecular weight excluding hydrogens is 232 g/mol. The SMILES string of the molecule is C=CCNC(=O)c1c(O)c2ccccc2[nH]c1=O. The Morgan fingerprint density at radius 2 is 2.17 bits per heavy atom. The smallest absolute Gasteiger partial charge is 0.265 e. The van der Waals surface area contributed by atoms with Gasteiger partial charge in [0.05, 0.1) is 5.52 Å². The van der Waals surface area contributed by atoms with Crippen molar-refractivity contribution in [1.82, 2.24) is 10.3 Å². The molecule has 3 N–H and O–H groups in total. The molecule has 0 aliphatic carbocycles. The number of aromatic amines is 1. The number of carbonyl (C=O) groups is 1. The van der Waals surface area contributed by atoms with Crippen LogP contribution in [0.2, 0.25) is 0 Å². The van der Waals surface area contributed by atoms with Crippen LogP contribution in [0.4, 0.5) is 0 Å². The quantitative estimate of drug-likeness (QED) is 0.708. The third-order valence-electron chi connectivity index (χ3n) is 2.53. The van der Waals surface area contributed by atoms with Crippen molar-refractivity contribution < 1.29 is 9.90 Å². The molecule has 0 bridgehead atoms. The van der Waals surface area contributed by atoms with Crippen molar-refractivity contribution in [3.8, 4) is 5.75 Å². The summed E-state index contributed by atoms with van der Waals surface area (Å²) in [6.07, 6.45) is 1.49. The second-order valence-electron chi connectivity index (χ2n) is 3.72. The fraction of sp³-hybridized carbons (Fsp3) is 0.0769. The molecule has 0 saturated carbocycles. The van der Waals surface area contributed by atoms with E-state index in [4.69, 9.17) is 0 Å². The van der Waals surface area contributed by atoms with E-state index in [1.807, 2.05) is 0 Å². The number of benzene rings is 1. The molecule has 0 saturated heterocycles. The fourth-order valence-electron chi connectivity index (χ4n) is 1.69. The highest BCUT2D eigenvalue weighted by Crippen LogP contribution is 2.24. The molecule has 5 nitrogen and oxygen atoms in total.